The highest BCUT2D eigenvalue weighted by molar-refractivity contribution is 8.00. The molecule has 0 atom stereocenters. The summed E-state index contributed by atoms with van der Waals surface area (Å²) in [5.74, 6) is 0.894. The highest BCUT2D eigenvalue weighted by Gasteiger charge is 2.17. The summed E-state index contributed by atoms with van der Waals surface area (Å²) >= 11 is 1.84. The number of hydrogen-bond donors (Lipinski definition) is 0. The SMILES string of the molecule is O=C(CSC1CCCC1)c1ccc2ccccc2c1. The molecule has 2 heteroatoms. The van der Waals surface area contributed by atoms with Gasteiger partial charge in [-0.15, -0.1) is 0 Å². The summed E-state index contributed by atoms with van der Waals surface area (Å²) in [6.45, 7) is 0. The maximum absolute atomic E-state index is 12.2. The lowest BCUT2D eigenvalue weighted by Gasteiger charge is -2.08. The number of carbonyl (C=O) groups excluding carboxylic acids is 1. The molecule has 0 aliphatic heterocycles. The van der Waals surface area contributed by atoms with Gasteiger partial charge in [0.05, 0.1) is 5.75 Å². The minimum Gasteiger partial charge on any atom is -0.293 e. The highest BCUT2D eigenvalue weighted by Crippen LogP contribution is 2.30. The minimum absolute atomic E-state index is 0.266. The Bertz CT molecular complexity index is 585. The van der Waals surface area contributed by atoms with E-state index in [-0.39, 0.29) is 5.78 Å². The van der Waals surface area contributed by atoms with E-state index < -0.39 is 0 Å². The third kappa shape index (κ3) is 3.01. The van der Waals surface area contributed by atoms with Crippen LogP contribution in [0.3, 0.4) is 0 Å². The quantitative estimate of drug-likeness (QED) is 0.749. The fourth-order valence-electron chi connectivity index (χ4n) is 2.69. The van der Waals surface area contributed by atoms with Gasteiger partial charge in [0.15, 0.2) is 5.78 Å². The Morgan fingerprint density at radius 3 is 2.58 bits per heavy atom. The first kappa shape index (κ1) is 12.7. The lowest BCUT2D eigenvalue weighted by Crippen LogP contribution is -2.06. The molecule has 0 amide bonds. The zero-order valence-corrected chi connectivity index (χ0v) is 11.8. The van der Waals surface area contributed by atoms with Crippen LogP contribution in [0.15, 0.2) is 42.5 Å². The Morgan fingerprint density at radius 1 is 1.05 bits per heavy atom. The van der Waals surface area contributed by atoms with E-state index in [4.69, 9.17) is 0 Å². The number of ketones is 1. The van der Waals surface area contributed by atoms with Crippen molar-refractivity contribution in [3.05, 3.63) is 48.0 Å². The second kappa shape index (κ2) is 5.79. The van der Waals surface area contributed by atoms with Crippen LogP contribution in [0.4, 0.5) is 0 Å². The fraction of sp³-hybridized carbons (Fsp3) is 0.353. The Morgan fingerprint density at radius 2 is 1.79 bits per heavy atom. The van der Waals surface area contributed by atoms with Crippen molar-refractivity contribution >= 4 is 28.3 Å². The maximum Gasteiger partial charge on any atom is 0.172 e. The van der Waals surface area contributed by atoms with E-state index in [1.807, 2.05) is 42.1 Å². The molecular weight excluding hydrogens is 252 g/mol. The molecule has 0 aromatic heterocycles. The zero-order valence-electron chi connectivity index (χ0n) is 11.0. The molecule has 1 saturated carbocycles. The standard InChI is InChI=1S/C17H18OS/c18-17(12-19-16-7-3-4-8-16)15-10-9-13-5-1-2-6-14(13)11-15/h1-2,5-6,9-11,16H,3-4,7-8,12H2. The first-order valence-corrected chi connectivity index (χ1v) is 8.01. The van der Waals surface area contributed by atoms with Gasteiger partial charge in [-0.25, -0.2) is 0 Å². The summed E-state index contributed by atoms with van der Waals surface area (Å²) in [7, 11) is 0. The van der Waals surface area contributed by atoms with Crippen molar-refractivity contribution in [2.75, 3.05) is 5.75 Å². The monoisotopic (exact) mass is 270 g/mol. The summed E-state index contributed by atoms with van der Waals surface area (Å²) < 4.78 is 0. The Hall–Kier alpha value is -1.28. The fourth-order valence-corrected chi connectivity index (χ4v) is 3.92. The minimum atomic E-state index is 0.266. The van der Waals surface area contributed by atoms with Crippen LogP contribution in [-0.4, -0.2) is 16.8 Å². The molecule has 1 nitrogen and oxygen atoms in total. The Balaban J connectivity index is 1.70. The number of fused-ring (bicyclic) bond motifs is 1. The molecule has 19 heavy (non-hydrogen) atoms. The van der Waals surface area contributed by atoms with Crippen LogP contribution in [0, 0.1) is 0 Å². The number of hydrogen-bond acceptors (Lipinski definition) is 2. The molecule has 2 aromatic rings. The van der Waals surface area contributed by atoms with E-state index >= 15 is 0 Å². The molecule has 1 aliphatic rings. The smallest absolute Gasteiger partial charge is 0.172 e. The van der Waals surface area contributed by atoms with Gasteiger partial charge < -0.3 is 0 Å². The van der Waals surface area contributed by atoms with Gasteiger partial charge in [-0.3, -0.25) is 4.79 Å². The van der Waals surface area contributed by atoms with E-state index in [1.165, 1.54) is 31.1 Å². The predicted molar refractivity (Wildman–Crippen MR) is 83.0 cm³/mol. The van der Waals surface area contributed by atoms with E-state index in [2.05, 4.69) is 12.1 Å². The lowest BCUT2D eigenvalue weighted by molar-refractivity contribution is 0.102. The van der Waals surface area contributed by atoms with Crippen molar-refractivity contribution < 1.29 is 4.79 Å². The van der Waals surface area contributed by atoms with Crippen LogP contribution < -0.4 is 0 Å². The Kier molecular flexibility index (Phi) is 3.88. The number of thioether (sulfide) groups is 1. The van der Waals surface area contributed by atoms with Gasteiger partial charge >= 0.3 is 0 Å². The first-order chi connectivity index (χ1) is 9.33. The number of rotatable bonds is 4. The molecule has 0 N–H and O–H groups in total. The molecule has 0 spiro atoms. The van der Waals surface area contributed by atoms with Crippen molar-refractivity contribution in [2.24, 2.45) is 0 Å². The average Bonchev–Trinajstić information content (AvgIpc) is 2.97. The van der Waals surface area contributed by atoms with E-state index in [9.17, 15) is 4.79 Å². The molecule has 0 unspecified atom stereocenters. The van der Waals surface area contributed by atoms with E-state index in [1.54, 1.807) is 0 Å². The van der Waals surface area contributed by atoms with Gasteiger partial charge in [0.1, 0.15) is 0 Å². The third-order valence-corrected chi connectivity index (χ3v) is 5.20. The van der Waals surface area contributed by atoms with Gasteiger partial charge in [0.25, 0.3) is 0 Å². The summed E-state index contributed by atoms with van der Waals surface area (Å²) in [6.07, 6.45) is 5.25. The average molecular weight is 270 g/mol. The molecule has 98 valence electrons. The van der Waals surface area contributed by atoms with Gasteiger partial charge in [-0.05, 0) is 29.7 Å². The maximum atomic E-state index is 12.2. The largest absolute Gasteiger partial charge is 0.293 e. The highest BCUT2D eigenvalue weighted by atomic mass is 32.2. The van der Waals surface area contributed by atoms with Gasteiger partial charge in [0, 0.05) is 10.8 Å². The molecule has 0 saturated heterocycles. The summed E-state index contributed by atoms with van der Waals surface area (Å²) in [6, 6.07) is 14.2. The zero-order chi connectivity index (χ0) is 13.1. The number of benzene rings is 2. The van der Waals surface area contributed by atoms with Crippen LogP contribution in [0.2, 0.25) is 0 Å². The molecule has 1 fully saturated rings. The van der Waals surface area contributed by atoms with Crippen LogP contribution in [0.25, 0.3) is 10.8 Å². The Labute approximate surface area is 118 Å². The van der Waals surface area contributed by atoms with Crippen LogP contribution >= 0.6 is 11.8 Å². The number of Topliss-reactive ketones (excluding diaryl/α,β-unsaturated/α-hetero) is 1. The molecule has 1 aliphatic carbocycles. The topological polar surface area (TPSA) is 17.1 Å². The molecule has 2 aromatic carbocycles. The normalized spacial score (nSPS) is 16.0. The van der Waals surface area contributed by atoms with Crippen LogP contribution in [0.1, 0.15) is 36.0 Å². The van der Waals surface area contributed by atoms with Crippen LogP contribution in [-0.2, 0) is 0 Å². The van der Waals surface area contributed by atoms with Crippen molar-refractivity contribution in [3.63, 3.8) is 0 Å². The van der Waals surface area contributed by atoms with Gasteiger partial charge in [-0.1, -0.05) is 49.2 Å². The summed E-state index contributed by atoms with van der Waals surface area (Å²) in [5, 5.41) is 3.06. The summed E-state index contributed by atoms with van der Waals surface area (Å²) in [4.78, 5) is 12.2. The van der Waals surface area contributed by atoms with Gasteiger partial charge in [0.2, 0.25) is 0 Å². The first-order valence-electron chi connectivity index (χ1n) is 6.96. The predicted octanol–water partition coefficient (Wildman–Crippen LogP) is 4.70. The lowest BCUT2D eigenvalue weighted by atomic mass is 10.1. The van der Waals surface area contributed by atoms with Crippen molar-refractivity contribution in [3.8, 4) is 0 Å². The van der Waals surface area contributed by atoms with Crippen molar-refractivity contribution in [2.45, 2.75) is 30.9 Å². The number of carbonyl (C=O) groups is 1. The second-order valence-electron chi connectivity index (χ2n) is 5.20. The van der Waals surface area contributed by atoms with Crippen LogP contribution in [0.5, 0.6) is 0 Å². The second-order valence-corrected chi connectivity index (χ2v) is 6.49. The molecule has 0 bridgehead atoms. The van der Waals surface area contributed by atoms with Crippen molar-refractivity contribution in [1.29, 1.82) is 0 Å². The van der Waals surface area contributed by atoms with Gasteiger partial charge in [-0.2, -0.15) is 11.8 Å². The molecular formula is C17H18OS. The third-order valence-electron chi connectivity index (χ3n) is 3.82. The molecule has 3 rings (SSSR count). The molecule has 0 radical (unpaired) electrons. The van der Waals surface area contributed by atoms with E-state index in [0.29, 0.717) is 11.0 Å². The molecule has 0 heterocycles. The van der Waals surface area contributed by atoms with E-state index in [0.717, 1.165) is 10.9 Å². The van der Waals surface area contributed by atoms with Crippen molar-refractivity contribution in [1.82, 2.24) is 0 Å². The summed E-state index contributed by atoms with van der Waals surface area (Å²) in [5.41, 5.74) is 0.851.